The van der Waals surface area contributed by atoms with Crippen LogP contribution >= 0.6 is 0 Å². The van der Waals surface area contributed by atoms with Crippen LogP contribution in [0.15, 0.2) is 23.3 Å². The van der Waals surface area contributed by atoms with Crippen LogP contribution < -0.4 is 0 Å². The summed E-state index contributed by atoms with van der Waals surface area (Å²) in [4.78, 5) is 13.7. The summed E-state index contributed by atoms with van der Waals surface area (Å²) < 4.78 is 6.24. The molecule has 0 aromatic rings. The van der Waals surface area contributed by atoms with Crippen LogP contribution in [-0.2, 0) is 9.53 Å². The Morgan fingerprint density at radius 1 is 1.06 bits per heavy atom. The molecule has 4 unspecified atom stereocenters. The summed E-state index contributed by atoms with van der Waals surface area (Å²) in [5.41, 5.74) is 2.41. The molecule has 1 N–H and O–H groups in total. The monoisotopic (exact) mass is 426 g/mol. The van der Waals surface area contributed by atoms with E-state index in [1.54, 1.807) is 0 Å². The normalized spacial score (nSPS) is 48.3. The van der Waals surface area contributed by atoms with E-state index in [-0.39, 0.29) is 34.4 Å². The average Bonchev–Trinajstić information content (AvgIpc) is 3.34. The lowest BCUT2D eigenvalue weighted by Crippen LogP contribution is -2.56. The minimum atomic E-state index is -0.384. The van der Waals surface area contributed by atoms with Crippen molar-refractivity contribution in [3.8, 4) is 0 Å². The Hall–Kier alpha value is -0.930. The molecule has 1 spiro atoms. The molecule has 3 saturated carbocycles. The van der Waals surface area contributed by atoms with Crippen LogP contribution in [0.2, 0.25) is 0 Å². The van der Waals surface area contributed by atoms with Crippen LogP contribution in [-0.4, -0.2) is 28.7 Å². The standard InChI is InChI=1S/C28H42O3/c1-16(2)17(3)7-8-18(4)20-9-10-21-23-22(12-13-26(20,21)5)27(6)14-11-19(29)15-28(27)25(31-28)24(23)30/h7-8,16-20,22,25,29H,9-15H2,1-6H3/b8-7+/t17?,18?,19-,20?,22?,25-,26+,27+,28-/m0/s1. The number of aliphatic hydroxyl groups excluding tert-OH is 1. The first kappa shape index (κ1) is 21.9. The second-order valence-electron chi connectivity index (χ2n) is 12.5. The third-order valence-electron chi connectivity index (χ3n) is 10.7. The van der Waals surface area contributed by atoms with Crippen molar-refractivity contribution in [3.05, 3.63) is 23.3 Å². The molecule has 4 fully saturated rings. The predicted molar refractivity (Wildman–Crippen MR) is 123 cm³/mol. The summed E-state index contributed by atoms with van der Waals surface area (Å²) in [5.74, 6) is 3.02. The first-order valence-corrected chi connectivity index (χ1v) is 12.9. The Balaban J connectivity index is 1.48. The van der Waals surface area contributed by atoms with E-state index in [0.717, 1.165) is 25.7 Å². The second-order valence-corrected chi connectivity index (χ2v) is 12.5. The largest absolute Gasteiger partial charge is 0.393 e. The second kappa shape index (κ2) is 7.03. The number of aliphatic hydroxyl groups is 1. The van der Waals surface area contributed by atoms with E-state index in [2.05, 4.69) is 53.7 Å². The maximum absolute atomic E-state index is 13.7. The third-order valence-corrected chi connectivity index (χ3v) is 10.7. The van der Waals surface area contributed by atoms with E-state index in [1.165, 1.54) is 24.0 Å². The lowest BCUT2D eigenvalue weighted by Gasteiger charge is -2.54. The number of carbonyl (C=O) groups is 1. The summed E-state index contributed by atoms with van der Waals surface area (Å²) in [6.07, 6.45) is 11.3. The molecular formula is C28H42O3. The minimum absolute atomic E-state index is 0.00473. The number of ether oxygens (including phenoxy) is 1. The van der Waals surface area contributed by atoms with Crippen molar-refractivity contribution >= 4 is 5.78 Å². The van der Waals surface area contributed by atoms with Crippen molar-refractivity contribution in [3.63, 3.8) is 0 Å². The summed E-state index contributed by atoms with van der Waals surface area (Å²) in [6, 6.07) is 0. The fraction of sp³-hybridized carbons (Fsp3) is 0.821. The highest BCUT2D eigenvalue weighted by atomic mass is 16.6. The maximum Gasteiger partial charge on any atom is 0.190 e. The number of fused-ring (bicyclic) bond motifs is 3. The fourth-order valence-corrected chi connectivity index (χ4v) is 8.22. The number of epoxide rings is 1. The number of allylic oxidation sites excluding steroid dienone is 3. The van der Waals surface area contributed by atoms with Crippen molar-refractivity contribution in [2.24, 2.45) is 40.4 Å². The highest BCUT2D eigenvalue weighted by molar-refractivity contribution is 6.04. The molecule has 0 amide bonds. The van der Waals surface area contributed by atoms with Crippen LogP contribution in [0.4, 0.5) is 0 Å². The van der Waals surface area contributed by atoms with Crippen LogP contribution in [0.3, 0.4) is 0 Å². The molecule has 4 aliphatic carbocycles. The zero-order valence-electron chi connectivity index (χ0n) is 20.4. The van der Waals surface area contributed by atoms with Gasteiger partial charge in [-0.1, -0.05) is 59.3 Å². The Kier molecular flexibility index (Phi) is 4.97. The van der Waals surface area contributed by atoms with E-state index in [9.17, 15) is 9.90 Å². The van der Waals surface area contributed by atoms with Crippen LogP contribution in [0.25, 0.3) is 0 Å². The van der Waals surface area contributed by atoms with Gasteiger partial charge in [-0.3, -0.25) is 4.79 Å². The molecule has 0 aromatic carbocycles. The van der Waals surface area contributed by atoms with Gasteiger partial charge in [-0.25, -0.2) is 0 Å². The number of rotatable bonds is 4. The fourth-order valence-electron chi connectivity index (χ4n) is 8.22. The zero-order chi connectivity index (χ0) is 22.3. The number of hydrogen-bond acceptors (Lipinski definition) is 3. The molecule has 0 aromatic heterocycles. The molecule has 31 heavy (non-hydrogen) atoms. The minimum Gasteiger partial charge on any atom is -0.393 e. The van der Waals surface area contributed by atoms with Crippen LogP contribution in [0.5, 0.6) is 0 Å². The highest BCUT2D eigenvalue weighted by Crippen LogP contribution is 2.71. The van der Waals surface area contributed by atoms with Gasteiger partial charge in [0.1, 0.15) is 5.60 Å². The zero-order valence-corrected chi connectivity index (χ0v) is 20.4. The summed E-state index contributed by atoms with van der Waals surface area (Å²) in [5, 5.41) is 10.3. The van der Waals surface area contributed by atoms with E-state index in [4.69, 9.17) is 4.74 Å². The number of carbonyl (C=O) groups excluding carboxylic acids is 1. The molecule has 0 radical (unpaired) electrons. The molecular weight excluding hydrogens is 384 g/mol. The first-order chi connectivity index (χ1) is 14.5. The van der Waals surface area contributed by atoms with Gasteiger partial charge < -0.3 is 9.84 Å². The van der Waals surface area contributed by atoms with Gasteiger partial charge in [0.25, 0.3) is 0 Å². The predicted octanol–water partition coefficient (Wildman–Crippen LogP) is 5.87. The summed E-state index contributed by atoms with van der Waals surface area (Å²) in [7, 11) is 0. The van der Waals surface area contributed by atoms with Gasteiger partial charge in [0.05, 0.1) is 6.10 Å². The van der Waals surface area contributed by atoms with E-state index in [1.807, 2.05) is 0 Å². The number of Topliss-reactive ketones (excluding diaryl/α,β-unsaturated/α-hetero) is 1. The molecule has 3 nitrogen and oxygen atoms in total. The maximum atomic E-state index is 13.7. The van der Waals surface area contributed by atoms with E-state index in [0.29, 0.717) is 36.0 Å². The highest BCUT2D eigenvalue weighted by Gasteiger charge is 2.77. The molecule has 1 saturated heterocycles. The molecule has 172 valence electrons. The Bertz CT molecular complexity index is 839. The molecule has 1 heterocycles. The van der Waals surface area contributed by atoms with Gasteiger partial charge in [-0.2, -0.15) is 0 Å². The lowest BCUT2D eigenvalue weighted by molar-refractivity contribution is -0.121. The van der Waals surface area contributed by atoms with Crippen LogP contribution in [0, 0.1) is 40.4 Å². The number of ketones is 1. The van der Waals surface area contributed by atoms with Gasteiger partial charge >= 0.3 is 0 Å². The third kappa shape index (κ3) is 2.88. The summed E-state index contributed by atoms with van der Waals surface area (Å²) >= 11 is 0. The van der Waals surface area contributed by atoms with Gasteiger partial charge in [-0.15, -0.1) is 0 Å². The van der Waals surface area contributed by atoms with Gasteiger partial charge in [-0.05, 0) is 73.5 Å². The van der Waals surface area contributed by atoms with E-state index >= 15 is 0 Å². The lowest BCUT2D eigenvalue weighted by atomic mass is 9.48. The van der Waals surface area contributed by atoms with Crippen LogP contribution in [0.1, 0.15) is 86.5 Å². The summed E-state index contributed by atoms with van der Waals surface area (Å²) in [6.45, 7) is 14.1. The Morgan fingerprint density at radius 2 is 1.81 bits per heavy atom. The van der Waals surface area contributed by atoms with Crippen molar-refractivity contribution in [1.29, 1.82) is 0 Å². The van der Waals surface area contributed by atoms with E-state index < -0.39 is 0 Å². The van der Waals surface area contributed by atoms with Gasteiger partial charge in [0.15, 0.2) is 11.9 Å². The van der Waals surface area contributed by atoms with Crippen molar-refractivity contribution < 1.29 is 14.6 Å². The van der Waals surface area contributed by atoms with Crippen molar-refractivity contribution in [1.82, 2.24) is 0 Å². The smallest absolute Gasteiger partial charge is 0.190 e. The molecule has 5 rings (SSSR count). The van der Waals surface area contributed by atoms with Crippen molar-refractivity contribution in [2.75, 3.05) is 0 Å². The Morgan fingerprint density at radius 3 is 2.52 bits per heavy atom. The number of hydrogen-bond donors (Lipinski definition) is 1. The topological polar surface area (TPSA) is 49.8 Å². The Labute approximate surface area is 188 Å². The molecule has 3 heteroatoms. The molecule has 9 atom stereocenters. The molecule has 0 bridgehead atoms. The van der Waals surface area contributed by atoms with Gasteiger partial charge in [0.2, 0.25) is 0 Å². The first-order valence-electron chi connectivity index (χ1n) is 12.9. The molecule has 1 aliphatic heterocycles. The van der Waals surface area contributed by atoms with Gasteiger partial charge in [0, 0.05) is 17.4 Å². The SMILES string of the molecule is CC(C)C(C)/C=C/C(C)C1CCC2=C3C(=O)[C@@H]4O[C@@]45C[C@@H](O)CC[C@]5(C)C3CC[C@@]21C. The quantitative estimate of drug-likeness (QED) is 0.452. The average molecular weight is 427 g/mol. The van der Waals surface area contributed by atoms with Crippen molar-refractivity contribution in [2.45, 2.75) is 104 Å². The molecule has 5 aliphatic rings.